The molecular formula is C18H15FN4O2S3. The van der Waals surface area contributed by atoms with Gasteiger partial charge in [0.2, 0.25) is 5.91 Å². The summed E-state index contributed by atoms with van der Waals surface area (Å²) in [5.41, 5.74) is 1.09. The summed E-state index contributed by atoms with van der Waals surface area (Å²) in [6.45, 7) is 2.04. The Morgan fingerprint density at radius 2 is 2.18 bits per heavy atom. The lowest BCUT2D eigenvalue weighted by molar-refractivity contribution is -0.113. The molecule has 1 aliphatic heterocycles. The summed E-state index contributed by atoms with van der Waals surface area (Å²) in [5, 5.41) is 5.69. The number of fused-ring (bicyclic) bond motifs is 1. The first kappa shape index (κ1) is 19.2. The van der Waals surface area contributed by atoms with Crippen LogP contribution in [0.1, 0.15) is 12.6 Å². The van der Waals surface area contributed by atoms with Gasteiger partial charge >= 0.3 is 0 Å². The Balaban J connectivity index is 1.66. The summed E-state index contributed by atoms with van der Waals surface area (Å²) in [4.78, 5) is 34.6. The van der Waals surface area contributed by atoms with Crippen molar-refractivity contribution in [3.8, 4) is 5.69 Å². The minimum atomic E-state index is -0.383. The molecule has 0 radical (unpaired) electrons. The molecule has 0 saturated carbocycles. The molecule has 144 valence electrons. The third-order valence-corrected chi connectivity index (χ3v) is 6.82. The topological polar surface area (TPSA) is 76.9 Å². The third-order valence-electron chi connectivity index (χ3n) is 3.98. The number of carbonyl (C=O) groups is 1. The molecule has 6 nitrogen and oxygen atoms in total. The highest BCUT2D eigenvalue weighted by Crippen LogP contribution is 2.34. The van der Waals surface area contributed by atoms with Crippen LogP contribution in [0.5, 0.6) is 0 Å². The quantitative estimate of drug-likeness (QED) is 0.488. The van der Waals surface area contributed by atoms with Crippen LogP contribution < -0.4 is 10.9 Å². The molecular weight excluding hydrogens is 419 g/mol. The van der Waals surface area contributed by atoms with E-state index in [1.165, 1.54) is 63.7 Å². The number of halogens is 1. The fraction of sp³-hybridized carbons (Fsp3) is 0.222. The van der Waals surface area contributed by atoms with E-state index in [1.807, 2.05) is 6.92 Å². The molecule has 0 saturated heterocycles. The van der Waals surface area contributed by atoms with E-state index in [0.717, 1.165) is 5.69 Å². The van der Waals surface area contributed by atoms with Gasteiger partial charge in [-0.1, -0.05) is 18.7 Å². The molecule has 28 heavy (non-hydrogen) atoms. The molecule has 10 heteroatoms. The molecule has 1 atom stereocenters. The number of nitrogens with one attached hydrogen (secondary N) is 1. The standard InChI is InChI=1S/C18H15FN4O2S3/c1-10-8-13-15(28-10)16(25)23(12-4-2-11(19)3-5-12)18(21-13)27-9-14(24)22-17-20-6-7-26-17/h2-7,10H,8-9H2,1H3,(H,20,22,24). The Morgan fingerprint density at radius 3 is 2.89 bits per heavy atom. The van der Waals surface area contributed by atoms with Crippen molar-refractivity contribution in [1.82, 2.24) is 14.5 Å². The number of hydrogen-bond acceptors (Lipinski definition) is 7. The second-order valence-electron chi connectivity index (χ2n) is 6.09. The van der Waals surface area contributed by atoms with E-state index in [0.29, 0.717) is 27.3 Å². The molecule has 1 N–H and O–H groups in total. The molecule has 1 aliphatic rings. The summed E-state index contributed by atoms with van der Waals surface area (Å²) in [7, 11) is 0. The van der Waals surface area contributed by atoms with Crippen molar-refractivity contribution in [2.24, 2.45) is 0 Å². The third kappa shape index (κ3) is 3.98. The van der Waals surface area contributed by atoms with E-state index in [9.17, 15) is 14.0 Å². The summed E-state index contributed by atoms with van der Waals surface area (Å²) in [5.74, 6) is -0.539. The van der Waals surface area contributed by atoms with Crippen LogP contribution in [0.25, 0.3) is 5.69 Å². The number of hydrogen-bond donors (Lipinski definition) is 1. The van der Waals surface area contributed by atoms with Crippen LogP contribution in [-0.4, -0.2) is 31.4 Å². The number of rotatable bonds is 5. The molecule has 3 aromatic rings. The number of benzene rings is 1. The van der Waals surface area contributed by atoms with E-state index >= 15 is 0 Å². The van der Waals surface area contributed by atoms with Crippen molar-refractivity contribution in [1.29, 1.82) is 0 Å². The van der Waals surface area contributed by atoms with Gasteiger partial charge in [0.15, 0.2) is 10.3 Å². The molecule has 0 fully saturated rings. The normalized spacial score (nSPS) is 15.4. The lowest BCUT2D eigenvalue weighted by Crippen LogP contribution is -2.24. The number of aromatic nitrogens is 3. The maximum absolute atomic E-state index is 13.3. The van der Waals surface area contributed by atoms with Gasteiger partial charge in [-0.2, -0.15) is 0 Å². The van der Waals surface area contributed by atoms with E-state index in [-0.39, 0.29) is 28.3 Å². The van der Waals surface area contributed by atoms with Gasteiger partial charge in [-0.3, -0.25) is 14.2 Å². The number of amides is 1. The Morgan fingerprint density at radius 1 is 1.39 bits per heavy atom. The van der Waals surface area contributed by atoms with Gasteiger partial charge in [-0.05, 0) is 24.3 Å². The molecule has 2 aromatic heterocycles. The highest BCUT2D eigenvalue weighted by atomic mass is 32.2. The first-order valence-corrected chi connectivity index (χ1v) is 11.2. The van der Waals surface area contributed by atoms with Crippen LogP contribution in [0.4, 0.5) is 9.52 Å². The Kier molecular flexibility index (Phi) is 5.51. The van der Waals surface area contributed by atoms with Crippen molar-refractivity contribution in [3.63, 3.8) is 0 Å². The van der Waals surface area contributed by atoms with E-state index < -0.39 is 0 Å². The fourth-order valence-electron chi connectivity index (χ4n) is 2.79. The predicted molar refractivity (Wildman–Crippen MR) is 110 cm³/mol. The van der Waals surface area contributed by atoms with Gasteiger partial charge in [0.1, 0.15) is 5.82 Å². The predicted octanol–water partition coefficient (Wildman–Crippen LogP) is 3.60. The number of nitrogens with zero attached hydrogens (tertiary/aromatic N) is 3. The number of thiazole rings is 1. The van der Waals surface area contributed by atoms with Crippen LogP contribution in [0.2, 0.25) is 0 Å². The molecule has 1 unspecified atom stereocenters. The van der Waals surface area contributed by atoms with Gasteiger partial charge in [0.05, 0.1) is 22.0 Å². The van der Waals surface area contributed by atoms with Crippen LogP contribution in [-0.2, 0) is 11.2 Å². The molecule has 0 bridgehead atoms. The average Bonchev–Trinajstić information content (AvgIpc) is 3.30. The lowest BCUT2D eigenvalue weighted by Gasteiger charge is -2.13. The highest BCUT2D eigenvalue weighted by Gasteiger charge is 2.27. The van der Waals surface area contributed by atoms with Crippen molar-refractivity contribution >= 4 is 45.9 Å². The van der Waals surface area contributed by atoms with Gasteiger partial charge in [-0.15, -0.1) is 23.1 Å². The van der Waals surface area contributed by atoms with Gasteiger partial charge < -0.3 is 5.32 Å². The molecule has 1 amide bonds. The summed E-state index contributed by atoms with van der Waals surface area (Å²) in [6, 6.07) is 5.67. The summed E-state index contributed by atoms with van der Waals surface area (Å²) < 4.78 is 14.8. The largest absolute Gasteiger partial charge is 0.301 e. The zero-order valence-corrected chi connectivity index (χ0v) is 17.2. The number of thioether (sulfide) groups is 2. The van der Waals surface area contributed by atoms with Gasteiger partial charge in [0, 0.05) is 23.2 Å². The molecule has 4 rings (SSSR count). The Bertz CT molecular complexity index is 1070. The minimum absolute atomic E-state index is 0.0781. The second-order valence-corrected chi connectivity index (χ2v) is 9.38. The zero-order chi connectivity index (χ0) is 19.7. The molecule has 1 aromatic carbocycles. The number of anilines is 1. The number of carbonyl (C=O) groups excluding carboxylic acids is 1. The van der Waals surface area contributed by atoms with Gasteiger partial charge in [0.25, 0.3) is 5.56 Å². The molecule has 3 heterocycles. The van der Waals surface area contributed by atoms with Gasteiger partial charge in [-0.25, -0.2) is 14.4 Å². The van der Waals surface area contributed by atoms with E-state index in [1.54, 1.807) is 11.6 Å². The maximum Gasteiger partial charge on any atom is 0.272 e. The monoisotopic (exact) mass is 434 g/mol. The van der Waals surface area contributed by atoms with Crippen LogP contribution in [0.15, 0.2) is 50.7 Å². The van der Waals surface area contributed by atoms with Crippen LogP contribution >= 0.6 is 34.9 Å². The average molecular weight is 435 g/mol. The van der Waals surface area contributed by atoms with Crippen LogP contribution in [0.3, 0.4) is 0 Å². The van der Waals surface area contributed by atoms with Crippen molar-refractivity contribution < 1.29 is 9.18 Å². The van der Waals surface area contributed by atoms with E-state index in [4.69, 9.17) is 0 Å². The first-order chi connectivity index (χ1) is 13.5. The first-order valence-electron chi connectivity index (χ1n) is 8.42. The van der Waals surface area contributed by atoms with Crippen molar-refractivity contribution in [2.45, 2.75) is 28.6 Å². The SMILES string of the molecule is CC1Cc2nc(SCC(=O)Nc3nccs3)n(-c3ccc(F)cc3)c(=O)c2S1. The highest BCUT2D eigenvalue weighted by molar-refractivity contribution is 8.00. The fourth-order valence-corrected chi connectivity index (χ4v) is 5.26. The smallest absolute Gasteiger partial charge is 0.272 e. The van der Waals surface area contributed by atoms with Crippen molar-refractivity contribution in [3.05, 3.63) is 57.7 Å². The zero-order valence-electron chi connectivity index (χ0n) is 14.7. The van der Waals surface area contributed by atoms with Crippen LogP contribution in [0, 0.1) is 5.82 Å². The second kappa shape index (κ2) is 8.06. The minimum Gasteiger partial charge on any atom is -0.301 e. The summed E-state index contributed by atoms with van der Waals surface area (Å²) >= 11 is 4.00. The van der Waals surface area contributed by atoms with E-state index in [2.05, 4.69) is 15.3 Å². The Hall–Kier alpha value is -2.17. The lowest BCUT2D eigenvalue weighted by atomic mass is 10.2. The molecule has 0 aliphatic carbocycles. The summed E-state index contributed by atoms with van der Waals surface area (Å²) in [6.07, 6.45) is 2.32. The molecule has 0 spiro atoms. The Labute approximate surface area is 172 Å². The maximum atomic E-state index is 13.3. The van der Waals surface area contributed by atoms with Crippen molar-refractivity contribution in [2.75, 3.05) is 11.1 Å².